The number of halogens is 1. The lowest BCUT2D eigenvalue weighted by Gasteiger charge is -2.00. The van der Waals surface area contributed by atoms with Crippen LogP contribution in [0.4, 0.5) is 0 Å². The van der Waals surface area contributed by atoms with Crippen LogP contribution < -0.4 is 0 Å². The second kappa shape index (κ2) is 4.80. The van der Waals surface area contributed by atoms with Gasteiger partial charge in [-0.25, -0.2) is 0 Å². The van der Waals surface area contributed by atoms with Gasteiger partial charge in [-0.05, 0) is 28.1 Å². The zero-order valence-corrected chi connectivity index (χ0v) is 8.36. The molecule has 0 aromatic heterocycles. The molecule has 0 amide bonds. The number of aliphatic hydroxyl groups is 1. The first-order chi connectivity index (χ1) is 5.34. The molecule has 3 heteroatoms. The van der Waals surface area contributed by atoms with E-state index in [1.807, 2.05) is 24.3 Å². The predicted molar refractivity (Wildman–Crippen MR) is 52.0 cm³/mol. The van der Waals surface area contributed by atoms with Crippen molar-refractivity contribution < 1.29 is 5.11 Å². The molecule has 1 aromatic rings. The molecule has 0 radical (unpaired) electrons. The van der Waals surface area contributed by atoms with Crippen LogP contribution in [-0.4, -0.2) is 17.5 Å². The number of hydrogen-bond donors (Lipinski definition) is 1. The van der Waals surface area contributed by atoms with Crippen LogP contribution in [0.5, 0.6) is 0 Å². The Hall–Kier alpha value is 0.01000. The van der Waals surface area contributed by atoms with Gasteiger partial charge in [0.2, 0.25) is 0 Å². The monoisotopic (exact) mass is 232 g/mol. The van der Waals surface area contributed by atoms with Crippen molar-refractivity contribution in [1.29, 1.82) is 0 Å². The molecule has 0 heterocycles. The molecule has 0 atom stereocenters. The molecule has 0 saturated heterocycles. The van der Waals surface area contributed by atoms with Crippen molar-refractivity contribution in [3.05, 3.63) is 28.7 Å². The van der Waals surface area contributed by atoms with Crippen LogP contribution in [0.25, 0.3) is 0 Å². The van der Waals surface area contributed by atoms with E-state index >= 15 is 0 Å². The van der Waals surface area contributed by atoms with Crippen molar-refractivity contribution in [1.82, 2.24) is 0 Å². The highest BCUT2D eigenvalue weighted by Crippen LogP contribution is 2.26. The summed E-state index contributed by atoms with van der Waals surface area (Å²) in [5.41, 5.74) is 0. The normalized spacial score (nSPS) is 10.0. The van der Waals surface area contributed by atoms with Crippen molar-refractivity contribution in [2.75, 3.05) is 12.4 Å². The molecule has 0 saturated carbocycles. The number of rotatable bonds is 3. The minimum absolute atomic E-state index is 0.228. The van der Waals surface area contributed by atoms with Crippen LogP contribution in [0.1, 0.15) is 0 Å². The molecule has 0 aliphatic carbocycles. The van der Waals surface area contributed by atoms with Crippen molar-refractivity contribution in [3.8, 4) is 0 Å². The van der Waals surface area contributed by atoms with Gasteiger partial charge in [0.25, 0.3) is 0 Å². The van der Waals surface area contributed by atoms with E-state index in [0.717, 1.165) is 10.2 Å². The third-order valence-corrected chi connectivity index (χ3v) is 3.19. The fraction of sp³-hybridized carbons (Fsp3) is 0.250. The first-order valence-electron chi connectivity index (χ1n) is 3.33. The van der Waals surface area contributed by atoms with Crippen LogP contribution in [0, 0.1) is 0 Å². The topological polar surface area (TPSA) is 20.2 Å². The van der Waals surface area contributed by atoms with Gasteiger partial charge in [-0.15, -0.1) is 11.8 Å². The fourth-order valence-corrected chi connectivity index (χ4v) is 2.04. The smallest absolute Gasteiger partial charge is 0.0525 e. The average Bonchev–Trinajstić information content (AvgIpc) is 2.03. The van der Waals surface area contributed by atoms with E-state index in [-0.39, 0.29) is 6.61 Å². The summed E-state index contributed by atoms with van der Waals surface area (Å²) in [4.78, 5) is 1.18. The number of thioether (sulfide) groups is 1. The summed E-state index contributed by atoms with van der Waals surface area (Å²) >= 11 is 5.07. The Bertz CT molecular complexity index is 227. The van der Waals surface area contributed by atoms with Crippen LogP contribution in [0.3, 0.4) is 0 Å². The SMILES string of the molecule is OCCSc1ccccc1Br. The average molecular weight is 233 g/mol. The fourth-order valence-electron chi connectivity index (χ4n) is 0.717. The molecule has 1 aromatic carbocycles. The van der Waals surface area contributed by atoms with Gasteiger partial charge in [0, 0.05) is 15.1 Å². The number of aliphatic hydroxyl groups excluding tert-OH is 1. The van der Waals surface area contributed by atoms with Crippen LogP contribution in [0.15, 0.2) is 33.6 Å². The molecule has 0 fully saturated rings. The molecule has 0 aliphatic rings. The Morgan fingerprint density at radius 1 is 1.36 bits per heavy atom. The Morgan fingerprint density at radius 2 is 2.09 bits per heavy atom. The van der Waals surface area contributed by atoms with Gasteiger partial charge >= 0.3 is 0 Å². The molecule has 11 heavy (non-hydrogen) atoms. The van der Waals surface area contributed by atoms with Gasteiger partial charge in [-0.1, -0.05) is 12.1 Å². The van der Waals surface area contributed by atoms with Gasteiger partial charge in [-0.3, -0.25) is 0 Å². The summed E-state index contributed by atoms with van der Waals surface area (Å²) < 4.78 is 1.10. The van der Waals surface area contributed by atoms with Crippen molar-refractivity contribution >= 4 is 27.7 Å². The first-order valence-corrected chi connectivity index (χ1v) is 5.10. The maximum absolute atomic E-state index is 8.58. The summed E-state index contributed by atoms with van der Waals surface area (Å²) in [6, 6.07) is 8.00. The zero-order chi connectivity index (χ0) is 8.10. The van der Waals surface area contributed by atoms with E-state index in [1.54, 1.807) is 11.8 Å². The molecular formula is C8H9BrOS. The minimum atomic E-state index is 0.228. The van der Waals surface area contributed by atoms with Crippen LogP contribution >= 0.6 is 27.7 Å². The minimum Gasteiger partial charge on any atom is -0.396 e. The third kappa shape index (κ3) is 2.85. The standard InChI is InChI=1S/C8H9BrOS/c9-7-3-1-2-4-8(7)11-6-5-10/h1-4,10H,5-6H2. The van der Waals surface area contributed by atoms with Crippen molar-refractivity contribution in [2.45, 2.75) is 4.90 Å². The number of hydrogen-bond acceptors (Lipinski definition) is 2. The van der Waals surface area contributed by atoms with Gasteiger partial charge in [0.15, 0.2) is 0 Å². The van der Waals surface area contributed by atoms with E-state index in [2.05, 4.69) is 15.9 Å². The van der Waals surface area contributed by atoms with Crippen molar-refractivity contribution in [3.63, 3.8) is 0 Å². The summed E-state index contributed by atoms with van der Waals surface area (Å²) in [6.07, 6.45) is 0. The third-order valence-electron chi connectivity index (χ3n) is 1.19. The molecule has 0 aliphatic heterocycles. The second-order valence-electron chi connectivity index (χ2n) is 2.00. The first kappa shape index (κ1) is 9.10. The molecule has 1 N–H and O–H groups in total. The Balaban J connectivity index is 2.62. The number of benzene rings is 1. The van der Waals surface area contributed by atoms with Gasteiger partial charge < -0.3 is 5.11 Å². The van der Waals surface area contributed by atoms with E-state index in [1.165, 1.54) is 4.90 Å². The Kier molecular flexibility index (Phi) is 3.97. The van der Waals surface area contributed by atoms with Crippen molar-refractivity contribution in [2.24, 2.45) is 0 Å². The largest absolute Gasteiger partial charge is 0.396 e. The summed E-state index contributed by atoms with van der Waals surface area (Å²) in [5.74, 6) is 0.753. The maximum atomic E-state index is 8.58. The van der Waals surface area contributed by atoms with Crippen LogP contribution in [-0.2, 0) is 0 Å². The maximum Gasteiger partial charge on any atom is 0.0525 e. The second-order valence-corrected chi connectivity index (χ2v) is 3.99. The highest BCUT2D eigenvalue weighted by Gasteiger charge is 1.96. The van der Waals surface area contributed by atoms with Crippen LogP contribution in [0.2, 0.25) is 0 Å². The highest BCUT2D eigenvalue weighted by molar-refractivity contribution is 9.10. The van der Waals surface area contributed by atoms with Gasteiger partial charge in [0.05, 0.1) is 6.61 Å². The summed E-state index contributed by atoms with van der Waals surface area (Å²) in [7, 11) is 0. The molecule has 60 valence electrons. The Labute approximate surface area is 78.9 Å². The quantitative estimate of drug-likeness (QED) is 0.809. The lowest BCUT2D eigenvalue weighted by atomic mass is 10.4. The van der Waals surface area contributed by atoms with Gasteiger partial charge in [0.1, 0.15) is 0 Å². The lowest BCUT2D eigenvalue weighted by Crippen LogP contribution is -1.85. The molecule has 1 nitrogen and oxygen atoms in total. The predicted octanol–water partition coefficient (Wildman–Crippen LogP) is 2.53. The molecule has 0 spiro atoms. The van der Waals surface area contributed by atoms with E-state index in [0.29, 0.717) is 0 Å². The molecule has 1 rings (SSSR count). The highest BCUT2D eigenvalue weighted by atomic mass is 79.9. The lowest BCUT2D eigenvalue weighted by molar-refractivity contribution is 0.322. The van der Waals surface area contributed by atoms with Gasteiger partial charge in [-0.2, -0.15) is 0 Å². The summed E-state index contributed by atoms with van der Waals surface area (Å²) in [5, 5.41) is 8.58. The van der Waals surface area contributed by atoms with E-state index in [4.69, 9.17) is 5.11 Å². The Morgan fingerprint density at radius 3 is 2.73 bits per heavy atom. The zero-order valence-electron chi connectivity index (χ0n) is 5.96. The molecular weight excluding hydrogens is 224 g/mol. The van der Waals surface area contributed by atoms with E-state index in [9.17, 15) is 0 Å². The summed E-state index contributed by atoms with van der Waals surface area (Å²) in [6.45, 7) is 0.228. The molecule has 0 unspecified atom stereocenters. The van der Waals surface area contributed by atoms with E-state index < -0.39 is 0 Å². The molecule has 0 bridgehead atoms.